The Hall–Kier alpha value is -1.94. The minimum Gasteiger partial charge on any atom is -0.446 e. The molecule has 0 saturated heterocycles. The molecule has 3 aliphatic rings. The third-order valence-corrected chi connectivity index (χ3v) is 13.3. The largest absolute Gasteiger partial charge is 0.446 e. The Kier molecular flexibility index (Phi) is 20.8. The number of hydrogen-bond acceptors (Lipinski definition) is 4. The number of terminal acetylenes is 2. The quantitative estimate of drug-likeness (QED) is 0.0569. The van der Waals surface area contributed by atoms with Gasteiger partial charge in [0, 0.05) is 12.8 Å². The first-order valence-corrected chi connectivity index (χ1v) is 22.2. The summed E-state index contributed by atoms with van der Waals surface area (Å²) < 4.78 is 12.0. The second-order valence-electron chi connectivity index (χ2n) is 17.2. The monoisotopic (exact) mass is 707 g/mol. The van der Waals surface area contributed by atoms with Crippen LogP contribution in [0.1, 0.15) is 220 Å². The van der Waals surface area contributed by atoms with Crippen LogP contribution in [0.25, 0.3) is 0 Å². The Morgan fingerprint density at radius 3 is 1.51 bits per heavy atom. The predicted octanol–water partition coefficient (Wildman–Crippen LogP) is 13.1. The van der Waals surface area contributed by atoms with E-state index >= 15 is 0 Å². The van der Waals surface area contributed by atoms with E-state index in [0.717, 1.165) is 132 Å². The standard InChI is InChI=1S/C47H78O4/c1-6-11-12-19-24-40(23-8-3)42-31-35-46(9-4,36-32-42)50-44(48)25-20-17-15-13-14-16-18-21-26-45(49)51-47(10-5)37-33-43(34-38-47)41-29-27-39(22-7-2)28-30-41/h4-5,39-43H,6-8,11-38H2,1-3H3. The van der Waals surface area contributed by atoms with Crippen molar-refractivity contribution < 1.29 is 19.1 Å². The molecule has 51 heavy (non-hydrogen) atoms. The molecule has 1 unspecified atom stereocenters. The Balaban J connectivity index is 1.19. The normalized spacial score (nSPS) is 28.6. The van der Waals surface area contributed by atoms with E-state index in [9.17, 15) is 9.59 Å². The summed E-state index contributed by atoms with van der Waals surface area (Å²) in [6, 6.07) is 0. The second kappa shape index (κ2) is 24.4. The van der Waals surface area contributed by atoms with Crippen molar-refractivity contribution >= 4 is 11.9 Å². The van der Waals surface area contributed by atoms with Crippen LogP contribution in [0.3, 0.4) is 0 Å². The number of ether oxygens (including phenoxy) is 2. The second-order valence-corrected chi connectivity index (χ2v) is 17.2. The van der Waals surface area contributed by atoms with Gasteiger partial charge in [-0.25, -0.2) is 0 Å². The first-order valence-electron chi connectivity index (χ1n) is 22.2. The molecule has 0 aliphatic heterocycles. The number of carbonyl (C=O) groups is 2. The van der Waals surface area contributed by atoms with Crippen LogP contribution in [0.5, 0.6) is 0 Å². The maximum Gasteiger partial charge on any atom is 0.307 e. The van der Waals surface area contributed by atoms with Crippen LogP contribution in [0.4, 0.5) is 0 Å². The van der Waals surface area contributed by atoms with Gasteiger partial charge in [-0.05, 0) is 107 Å². The lowest BCUT2D eigenvalue weighted by atomic mass is 9.68. The molecule has 3 fully saturated rings. The highest BCUT2D eigenvalue weighted by Crippen LogP contribution is 2.45. The van der Waals surface area contributed by atoms with Crippen LogP contribution in [0.2, 0.25) is 0 Å². The van der Waals surface area contributed by atoms with Crippen molar-refractivity contribution in [2.45, 2.75) is 231 Å². The minimum atomic E-state index is -0.688. The molecule has 0 amide bonds. The summed E-state index contributed by atoms with van der Waals surface area (Å²) in [4.78, 5) is 25.5. The molecule has 0 heterocycles. The van der Waals surface area contributed by atoms with Crippen molar-refractivity contribution in [2.75, 3.05) is 0 Å². The van der Waals surface area contributed by atoms with Crippen LogP contribution in [0, 0.1) is 54.3 Å². The van der Waals surface area contributed by atoms with E-state index in [1.165, 1.54) is 83.5 Å². The third kappa shape index (κ3) is 15.5. The first-order chi connectivity index (χ1) is 24.8. The van der Waals surface area contributed by atoms with Crippen molar-refractivity contribution in [3.8, 4) is 24.7 Å². The number of hydrogen-bond donors (Lipinski definition) is 0. The minimum absolute atomic E-state index is 0.114. The molecule has 290 valence electrons. The topological polar surface area (TPSA) is 52.6 Å². The predicted molar refractivity (Wildman–Crippen MR) is 213 cm³/mol. The van der Waals surface area contributed by atoms with Gasteiger partial charge in [-0.15, -0.1) is 12.8 Å². The summed E-state index contributed by atoms with van der Waals surface area (Å²) in [5, 5.41) is 0. The molecule has 0 aromatic heterocycles. The van der Waals surface area contributed by atoms with Gasteiger partial charge in [0.1, 0.15) is 0 Å². The molecule has 0 spiro atoms. The summed E-state index contributed by atoms with van der Waals surface area (Å²) in [5.74, 6) is 9.63. The lowest BCUT2D eigenvalue weighted by Crippen LogP contribution is -2.39. The third-order valence-electron chi connectivity index (χ3n) is 13.3. The van der Waals surface area contributed by atoms with Crippen LogP contribution in [0.15, 0.2) is 0 Å². The van der Waals surface area contributed by atoms with Crippen LogP contribution >= 0.6 is 0 Å². The summed E-state index contributed by atoms with van der Waals surface area (Å²) in [7, 11) is 0. The molecule has 3 saturated carbocycles. The maximum atomic E-state index is 12.8. The first kappa shape index (κ1) is 43.5. The van der Waals surface area contributed by atoms with Gasteiger partial charge in [-0.2, -0.15) is 0 Å². The highest BCUT2D eigenvalue weighted by Gasteiger charge is 2.41. The van der Waals surface area contributed by atoms with Gasteiger partial charge in [0.05, 0.1) is 0 Å². The van der Waals surface area contributed by atoms with Crippen molar-refractivity contribution in [3.05, 3.63) is 0 Å². The Morgan fingerprint density at radius 2 is 1.04 bits per heavy atom. The summed E-state index contributed by atoms with van der Waals surface area (Å²) in [5.41, 5.74) is -1.36. The van der Waals surface area contributed by atoms with E-state index in [1.807, 2.05) is 0 Å². The average molecular weight is 707 g/mol. The Bertz CT molecular complexity index is 1040. The van der Waals surface area contributed by atoms with Gasteiger partial charge in [-0.1, -0.05) is 142 Å². The maximum absolute atomic E-state index is 12.8. The smallest absolute Gasteiger partial charge is 0.307 e. The Labute approximate surface area is 315 Å². The summed E-state index contributed by atoms with van der Waals surface area (Å²) >= 11 is 0. The van der Waals surface area contributed by atoms with Gasteiger partial charge >= 0.3 is 11.9 Å². The van der Waals surface area contributed by atoms with E-state index in [0.29, 0.717) is 12.8 Å². The molecule has 0 N–H and O–H groups in total. The number of carbonyl (C=O) groups excluding carboxylic acids is 2. The zero-order valence-corrected chi connectivity index (χ0v) is 33.6. The highest BCUT2D eigenvalue weighted by molar-refractivity contribution is 5.70. The van der Waals surface area contributed by atoms with Crippen LogP contribution < -0.4 is 0 Å². The van der Waals surface area contributed by atoms with E-state index < -0.39 is 11.2 Å². The molecule has 4 nitrogen and oxygen atoms in total. The number of esters is 2. The van der Waals surface area contributed by atoms with Crippen molar-refractivity contribution in [1.29, 1.82) is 0 Å². The fraction of sp³-hybridized carbons (Fsp3) is 0.872. The van der Waals surface area contributed by atoms with Crippen molar-refractivity contribution in [3.63, 3.8) is 0 Å². The Morgan fingerprint density at radius 1 is 0.569 bits per heavy atom. The van der Waals surface area contributed by atoms with Crippen LogP contribution in [-0.4, -0.2) is 23.1 Å². The molecule has 3 aliphatic carbocycles. The van der Waals surface area contributed by atoms with Gasteiger partial charge in [-0.3, -0.25) is 9.59 Å². The number of unbranched alkanes of at least 4 members (excludes halogenated alkanes) is 10. The van der Waals surface area contributed by atoms with Gasteiger partial charge in [0.2, 0.25) is 0 Å². The SMILES string of the molecule is C#CC1(OC(=O)CCCCCCCCCCC(=O)OC2(C#C)CCC(C3CCC(CCC)CC3)CC2)CCC(C(CCC)CCCCCC)CC1. The molecule has 0 radical (unpaired) electrons. The van der Waals surface area contributed by atoms with E-state index in [4.69, 9.17) is 22.3 Å². The van der Waals surface area contributed by atoms with Crippen LogP contribution in [-0.2, 0) is 19.1 Å². The fourth-order valence-corrected chi connectivity index (χ4v) is 10.0. The van der Waals surface area contributed by atoms with E-state index in [2.05, 4.69) is 32.6 Å². The average Bonchev–Trinajstić information content (AvgIpc) is 3.15. The lowest BCUT2D eigenvalue weighted by molar-refractivity contribution is -0.159. The van der Waals surface area contributed by atoms with Crippen molar-refractivity contribution in [2.24, 2.45) is 29.6 Å². The zero-order chi connectivity index (χ0) is 36.8. The van der Waals surface area contributed by atoms with Gasteiger partial charge in [0.15, 0.2) is 11.2 Å². The molecular formula is C47H78O4. The number of rotatable bonds is 24. The molecule has 4 heteroatoms. The fourth-order valence-electron chi connectivity index (χ4n) is 10.0. The molecule has 3 rings (SSSR count). The molecule has 0 bridgehead atoms. The summed E-state index contributed by atoms with van der Waals surface area (Å²) in [6.45, 7) is 6.88. The zero-order valence-electron chi connectivity index (χ0n) is 33.6. The van der Waals surface area contributed by atoms with Crippen molar-refractivity contribution in [1.82, 2.24) is 0 Å². The molecular weight excluding hydrogens is 629 g/mol. The highest BCUT2D eigenvalue weighted by atomic mass is 16.6. The summed E-state index contributed by atoms with van der Waals surface area (Å²) in [6.07, 6.45) is 46.4. The molecule has 0 aromatic carbocycles. The van der Waals surface area contributed by atoms with E-state index in [1.54, 1.807) is 0 Å². The lowest BCUT2D eigenvalue weighted by Gasteiger charge is -2.41. The van der Waals surface area contributed by atoms with Gasteiger partial charge in [0.25, 0.3) is 0 Å². The molecule has 0 aromatic rings. The van der Waals surface area contributed by atoms with Gasteiger partial charge < -0.3 is 9.47 Å². The van der Waals surface area contributed by atoms with E-state index in [-0.39, 0.29) is 11.9 Å². The molecule has 1 atom stereocenters.